The molecule has 0 aliphatic rings. The van der Waals surface area contributed by atoms with Gasteiger partial charge >= 0.3 is 17.9 Å². The van der Waals surface area contributed by atoms with Crippen molar-refractivity contribution in [2.45, 2.75) is 329 Å². The van der Waals surface area contributed by atoms with Crippen molar-refractivity contribution in [2.75, 3.05) is 13.2 Å². The summed E-state index contributed by atoms with van der Waals surface area (Å²) in [6, 6.07) is 0. The molecule has 0 unspecified atom stereocenters. The van der Waals surface area contributed by atoms with E-state index in [2.05, 4.69) is 27.7 Å². The van der Waals surface area contributed by atoms with Crippen molar-refractivity contribution in [1.29, 1.82) is 0 Å². The number of hydrogen-bond acceptors (Lipinski definition) is 6. The molecular formula is C57H110O6. The summed E-state index contributed by atoms with van der Waals surface area (Å²) in [7, 11) is 0. The lowest BCUT2D eigenvalue weighted by atomic mass is 10.0. The molecule has 0 aliphatic carbocycles. The van der Waals surface area contributed by atoms with E-state index in [1.165, 1.54) is 218 Å². The fraction of sp³-hybridized carbons (Fsp3) is 0.947. The lowest BCUT2D eigenvalue weighted by molar-refractivity contribution is -0.167. The van der Waals surface area contributed by atoms with Crippen molar-refractivity contribution >= 4 is 17.9 Å². The van der Waals surface area contributed by atoms with Gasteiger partial charge in [0.25, 0.3) is 0 Å². The molecule has 6 heteroatoms. The maximum absolute atomic E-state index is 12.8. The van der Waals surface area contributed by atoms with E-state index in [1.807, 2.05) is 0 Å². The van der Waals surface area contributed by atoms with Gasteiger partial charge in [-0.2, -0.15) is 0 Å². The summed E-state index contributed by atoms with van der Waals surface area (Å²) in [5, 5.41) is 0. The second-order valence-electron chi connectivity index (χ2n) is 20.1. The van der Waals surface area contributed by atoms with Crippen molar-refractivity contribution in [2.24, 2.45) is 5.92 Å². The third kappa shape index (κ3) is 51.3. The standard InChI is InChI=1S/C57H110O6/c1-5-7-9-11-13-15-17-18-26-29-33-37-41-45-49-56(59)62-52-54(51-61-55(58)48-44-40-36-32-16-14-12-10-8-6-2)63-57(60)50-46-42-38-34-30-27-24-22-20-19-21-23-25-28-31-35-39-43-47-53(3)4/h53-54H,5-52H2,1-4H3/t54-/m0/s1. The zero-order valence-corrected chi connectivity index (χ0v) is 43.0. The van der Waals surface area contributed by atoms with Gasteiger partial charge in [0.05, 0.1) is 0 Å². The molecule has 63 heavy (non-hydrogen) atoms. The molecule has 0 aromatic heterocycles. The Morgan fingerprint density at radius 3 is 0.778 bits per heavy atom. The van der Waals surface area contributed by atoms with Gasteiger partial charge in [0.2, 0.25) is 0 Å². The molecule has 0 aromatic rings. The van der Waals surface area contributed by atoms with Crippen LogP contribution in [0.4, 0.5) is 0 Å². The molecule has 0 aromatic carbocycles. The summed E-state index contributed by atoms with van der Waals surface area (Å²) in [6.07, 6.45) is 55.2. The maximum Gasteiger partial charge on any atom is 0.306 e. The predicted molar refractivity (Wildman–Crippen MR) is 270 cm³/mol. The molecule has 1 atom stereocenters. The highest BCUT2D eigenvalue weighted by molar-refractivity contribution is 5.71. The van der Waals surface area contributed by atoms with Crippen LogP contribution in [0.15, 0.2) is 0 Å². The Kier molecular flexibility index (Phi) is 50.1. The summed E-state index contributed by atoms with van der Waals surface area (Å²) in [5.41, 5.74) is 0. The van der Waals surface area contributed by atoms with E-state index in [0.717, 1.165) is 63.7 Å². The third-order valence-electron chi connectivity index (χ3n) is 13.0. The molecule has 0 saturated carbocycles. The van der Waals surface area contributed by atoms with Crippen LogP contribution in [-0.2, 0) is 28.6 Å². The average molecular weight is 892 g/mol. The second-order valence-corrected chi connectivity index (χ2v) is 20.1. The Hall–Kier alpha value is -1.59. The van der Waals surface area contributed by atoms with Gasteiger partial charge < -0.3 is 14.2 Å². The van der Waals surface area contributed by atoms with E-state index in [-0.39, 0.29) is 31.1 Å². The van der Waals surface area contributed by atoms with Crippen LogP contribution in [0.25, 0.3) is 0 Å². The van der Waals surface area contributed by atoms with Gasteiger partial charge in [-0.15, -0.1) is 0 Å². The molecule has 0 aliphatic heterocycles. The average Bonchev–Trinajstić information content (AvgIpc) is 3.27. The Morgan fingerprint density at radius 1 is 0.302 bits per heavy atom. The Balaban J connectivity index is 4.21. The van der Waals surface area contributed by atoms with E-state index in [9.17, 15) is 14.4 Å². The van der Waals surface area contributed by atoms with Crippen LogP contribution in [0, 0.1) is 5.92 Å². The van der Waals surface area contributed by atoms with Crippen molar-refractivity contribution in [3.8, 4) is 0 Å². The second kappa shape index (κ2) is 51.4. The molecule has 6 nitrogen and oxygen atoms in total. The SMILES string of the molecule is CCCCCCCCCCCCCCCCC(=O)OC[C@H](COC(=O)CCCCCCCCCCCC)OC(=O)CCCCCCCCCCCCCCCCCCCCC(C)C. The normalized spacial score (nSPS) is 12.0. The zero-order valence-electron chi connectivity index (χ0n) is 43.0. The fourth-order valence-electron chi connectivity index (χ4n) is 8.75. The first-order valence-corrected chi connectivity index (χ1v) is 28.4. The fourth-order valence-corrected chi connectivity index (χ4v) is 8.75. The van der Waals surface area contributed by atoms with Gasteiger partial charge in [-0.3, -0.25) is 14.4 Å². The summed E-state index contributed by atoms with van der Waals surface area (Å²) in [5.74, 6) is 0.0195. The number of ether oxygens (including phenoxy) is 3. The molecule has 0 fully saturated rings. The number of rotatable bonds is 52. The monoisotopic (exact) mass is 891 g/mol. The van der Waals surface area contributed by atoms with Crippen LogP contribution in [0.2, 0.25) is 0 Å². The van der Waals surface area contributed by atoms with E-state index in [1.54, 1.807) is 0 Å². The Labute approximate surface area is 393 Å². The van der Waals surface area contributed by atoms with E-state index in [0.29, 0.717) is 19.3 Å². The minimum Gasteiger partial charge on any atom is -0.462 e. The molecule has 374 valence electrons. The van der Waals surface area contributed by atoms with Gasteiger partial charge in [-0.05, 0) is 25.2 Å². The molecule has 0 N–H and O–H groups in total. The molecule has 0 bridgehead atoms. The van der Waals surface area contributed by atoms with Crippen LogP contribution in [-0.4, -0.2) is 37.2 Å². The van der Waals surface area contributed by atoms with Crippen LogP contribution in [0.1, 0.15) is 323 Å². The summed E-state index contributed by atoms with van der Waals surface area (Å²) < 4.78 is 16.8. The highest BCUT2D eigenvalue weighted by Gasteiger charge is 2.19. The molecule has 0 amide bonds. The Bertz CT molecular complexity index is 949. The topological polar surface area (TPSA) is 78.9 Å². The lowest BCUT2D eigenvalue weighted by Crippen LogP contribution is -2.30. The third-order valence-corrected chi connectivity index (χ3v) is 13.0. The first-order valence-electron chi connectivity index (χ1n) is 28.4. The molecule has 0 radical (unpaired) electrons. The van der Waals surface area contributed by atoms with Gasteiger partial charge in [0, 0.05) is 19.3 Å². The van der Waals surface area contributed by atoms with Crippen molar-refractivity contribution in [3.63, 3.8) is 0 Å². The molecular weight excluding hydrogens is 781 g/mol. The highest BCUT2D eigenvalue weighted by Crippen LogP contribution is 2.18. The van der Waals surface area contributed by atoms with Crippen molar-refractivity contribution in [3.05, 3.63) is 0 Å². The van der Waals surface area contributed by atoms with Gasteiger partial charge in [-0.25, -0.2) is 0 Å². The van der Waals surface area contributed by atoms with Crippen LogP contribution in [0.5, 0.6) is 0 Å². The van der Waals surface area contributed by atoms with E-state index >= 15 is 0 Å². The number of carbonyl (C=O) groups excluding carboxylic acids is 3. The van der Waals surface area contributed by atoms with Gasteiger partial charge in [0.1, 0.15) is 13.2 Å². The highest BCUT2D eigenvalue weighted by atomic mass is 16.6. The van der Waals surface area contributed by atoms with Gasteiger partial charge in [0.15, 0.2) is 6.10 Å². The minimum atomic E-state index is -0.760. The molecule has 0 rings (SSSR count). The quantitative estimate of drug-likeness (QED) is 0.0344. The lowest BCUT2D eigenvalue weighted by Gasteiger charge is -2.18. The minimum absolute atomic E-state index is 0.0620. The zero-order chi connectivity index (χ0) is 45.9. The van der Waals surface area contributed by atoms with Crippen molar-refractivity contribution in [1.82, 2.24) is 0 Å². The van der Waals surface area contributed by atoms with Crippen molar-refractivity contribution < 1.29 is 28.6 Å². The van der Waals surface area contributed by atoms with Crippen LogP contribution >= 0.6 is 0 Å². The summed E-state index contributed by atoms with van der Waals surface area (Å²) in [6.45, 7) is 9.06. The first kappa shape index (κ1) is 61.4. The van der Waals surface area contributed by atoms with E-state index in [4.69, 9.17) is 14.2 Å². The Morgan fingerprint density at radius 2 is 0.524 bits per heavy atom. The molecule has 0 saturated heterocycles. The summed E-state index contributed by atoms with van der Waals surface area (Å²) >= 11 is 0. The molecule has 0 spiro atoms. The van der Waals surface area contributed by atoms with Gasteiger partial charge in [-0.1, -0.05) is 285 Å². The van der Waals surface area contributed by atoms with E-state index < -0.39 is 6.10 Å². The maximum atomic E-state index is 12.8. The smallest absolute Gasteiger partial charge is 0.306 e. The van der Waals surface area contributed by atoms with Crippen LogP contribution in [0.3, 0.4) is 0 Å². The first-order chi connectivity index (χ1) is 30.9. The van der Waals surface area contributed by atoms with Crippen LogP contribution < -0.4 is 0 Å². The summed E-state index contributed by atoms with van der Waals surface area (Å²) in [4.78, 5) is 38.0. The number of carbonyl (C=O) groups is 3. The largest absolute Gasteiger partial charge is 0.462 e. The predicted octanol–water partition coefficient (Wildman–Crippen LogP) is 18.6. The number of unbranched alkanes of at least 4 members (excludes halogenated alkanes) is 39. The number of hydrogen-bond donors (Lipinski definition) is 0. The number of esters is 3. The molecule has 0 heterocycles.